The number of nitrogens with zero attached hydrogens (tertiary/aromatic N) is 4. The number of tetrazole rings is 1. The molecule has 0 aliphatic heterocycles. The van der Waals surface area contributed by atoms with Crippen LogP contribution in [0.25, 0.3) is 0 Å². The molecule has 1 aromatic heterocycles. The summed E-state index contributed by atoms with van der Waals surface area (Å²) in [5.74, 6) is 1.81. The Labute approximate surface area is 187 Å². The molecule has 0 unspecified atom stereocenters. The van der Waals surface area contributed by atoms with Crippen LogP contribution in [0.1, 0.15) is 17.5 Å². The van der Waals surface area contributed by atoms with Crippen LogP contribution in [0.2, 0.25) is 0 Å². The van der Waals surface area contributed by atoms with Gasteiger partial charge in [0.15, 0.2) is 11.5 Å². The maximum atomic E-state index is 13.8. The van der Waals surface area contributed by atoms with Gasteiger partial charge >= 0.3 is 0 Å². The van der Waals surface area contributed by atoms with Crippen molar-refractivity contribution in [2.24, 2.45) is 7.05 Å². The van der Waals surface area contributed by atoms with Gasteiger partial charge in [-0.1, -0.05) is 45.9 Å². The largest absolute Gasteiger partial charge is 0.493 e. The van der Waals surface area contributed by atoms with E-state index >= 15 is 0 Å². The van der Waals surface area contributed by atoms with E-state index in [0.717, 1.165) is 33.9 Å². The second-order valence-electron chi connectivity index (χ2n) is 6.44. The lowest BCUT2D eigenvalue weighted by atomic mass is 10.2. The van der Waals surface area contributed by atoms with Crippen molar-refractivity contribution in [2.45, 2.75) is 24.7 Å². The fourth-order valence-corrected chi connectivity index (χ4v) is 3.93. The van der Waals surface area contributed by atoms with E-state index in [9.17, 15) is 4.39 Å². The maximum absolute atomic E-state index is 13.8. The average Bonchev–Trinajstić information content (AvgIpc) is 3.15. The van der Waals surface area contributed by atoms with E-state index in [4.69, 9.17) is 9.47 Å². The van der Waals surface area contributed by atoms with Crippen molar-refractivity contribution in [3.63, 3.8) is 0 Å². The molecule has 0 fully saturated rings. The lowest BCUT2D eigenvalue weighted by molar-refractivity contribution is 0.279. The first-order chi connectivity index (χ1) is 14.6. The Balaban J connectivity index is 1.49. The molecule has 0 amide bonds. The van der Waals surface area contributed by atoms with E-state index in [2.05, 4.69) is 36.8 Å². The molecule has 0 atom stereocenters. The van der Waals surface area contributed by atoms with Gasteiger partial charge in [0.2, 0.25) is 5.16 Å². The van der Waals surface area contributed by atoms with Gasteiger partial charge in [-0.2, -0.15) is 0 Å². The Hall–Kier alpha value is -2.17. The van der Waals surface area contributed by atoms with Crippen molar-refractivity contribution in [3.8, 4) is 11.5 Å². The average molecular weight is 496 g/mol. The molecule has 0 radical (unpaired) electrons. The Morgan fingerprint density at radius 3 is 2.77 bits per heavy atom. The third-order valence-corrected chi connectivity index (χ3v) is 6.13. The highest BCUT2D eigenvalue weighted by Gasteiger charge is 2.12. The van der Waals surface area contributed by atoms with Crippen LogP contribution < -0.4 is 14.8 Å². The van der Waals surface area contributed by atoms with Crippen LogP contribution in [-0.2, 0) is 20.2 Å². The second-order valence-corrected chi connectivity index (χ2v) is 8.35. The zero-order valence-corrected chi connectivity index (χ0v) is 19.2. The lowest BCUT2D eigenvalue weighted by Crippen LogP contribution is -2.16. The minimum Gasteiger partial charge on any atom is -0.493 e. The predicted molar refractivity (Wildman–Crippen MR) is 117 cm³/mol. The molecule has 160 valence electrons. The molecule has 7 nitrogen and oxygen atoms in total. The van der Waals surface area contributed by atoms with Crippen molar-refractivity contribution >= 4 is 27.7 Å². The predicted octanol–water partition coefficient (Wildman–Crippen LogP) is 3.97. The van der Waals surface area contributed by atoms with Gasteiger partial charge in [0.05, 0.1) is 7.11 Å². The third kappa shape index (κ3) is 6.16. The SMILES string of the molecule is COc1cc(CNCCCSc2nnnn2C)c(Br)cc1OCc1ccccc1F. The number of thioether (sulfide) groups is 1. The van der Waals surface area contributed by atoms with E-state index < -0.39 is 0 Å². The van der Waals surface area contributed by atoms with E-state index in [0.29, 0.717) is 23.6 Å². The summed E-state index contributed by atoms with van der Waals surface area (Å²) < 4.78 is 27.6. The molecular weight excluding hydrogens is 473 g/mol. The molecular formula is C20H23BrFN5O2S. The van der Waals surface area contributed by atoms with Gasteiger partial charge in [-0.3, -0.25) is 0 Å². The molecule has 1 N–H and O–H groups in total. The van der Waals surface area contributed by atoms with Crippen LogP contribution >= 0.6 is 27.7 Å². The quantitative estimate of drug-likeness (QED) is 0.318. The van der Waals surface area contributed by atoms with Gasteiger partial charge in [0.1, 0.15) is 12.4 Å². The van der Waals surface area contributed by atoms with Crippen molar-refractivity contribution in [2.75, 3.05) is 19.4 Å². The number of rotatable bonds is 11. The molecule has 0 aliphatic rings. The zero-order valence-electron chi connectivity index (χ0n) is 16.8. The molecule has 0 spiro atoms. The first-order valence-corrected chi connectivity index (χ1v) is 11.1. The van der Waals surface area contributed by atoms with Gasteiger partial charge in [-0.25, -0.2) is 9.07 Å². The summed E-state index contributed by atoms with van der Waals surface area (Å²) in [5, 5.41) is 15.6. The Morgan fingerprint density at radius 2 is 2.03 bits per heavy atom. The van der Waals surface area contributed by atoms with Gasteiger partial charge < -0.3 is 14.8 Å². The molecule has 3 aromatic rings. The summed E-state index contributed by atoms with van der Waals surface area (Å²) in [7, 11) is 3.42. The molecule has 0 saturated carbocycles. The minimum atomic E-state index is -0.287. The van der Waals surface area contributed by atoms with Crippen LogP contribution in [-0.4, -0.2) is 39.6 Å². The van der Waals surface area contributed by atoms with Crippen molar-refractivity contribution in [1.29, 1.82) is 0 Å². The highest BCUT2D eigenvalue weighted by Crippen LogP contribution is 2.34. The molecule has 0 bridgehead atoms. The molecule has 2 aromatic carbocycles. The highest BCUT2D eigenvalue weighted by molar-refractivity contribution is 9.10. The number of hydrogen-bond donors (Lipinski definition) is 1. The van der Waals surface area contributed by atoms with Crippen LogP contribution in [0, 0.1) is 5.82 Å². The Kier molecular flexibility index (Phi) is 8.47. The number of halogens is 2. The Bertz CT molecular complexity index is 972. The van der Waals surface area contributed by atoms with Crippen LogP contribution in [0.15, 0.2) is 46.0 Å². The van der Waals surface area contributed by atoms with E-state index in [1.54, 1.807) is 41.8 Å². The van der Waals surface area contributed by atoms with Gasteiger partial charge in [0.25, 0.3) is 0 Å². The maximum Gasteiger partial charge on any atom is 0.209 e. The highest BCUT2D eigenvalue weighted by atomic mass is 79.9. The van der Waals surface area contributed by atoms with Crippen LogP contribution in [0.3, 0.4) is 0 Å². The Morgan fingerprint density at radius 1 is 1.20 bits per heavy atom. The molecule has 0 saturated heterocycles. The van der Waals surface area contributed by atoms with E-state index in [1.165, 1.54) is 6.07 Å². The topological polar surface area (TPSA) is 74.1 Å². The lowest BCUT2D eigenvalue weighted by Gasteiger charge is -2.15. The van der Waals surface area contributed by atoms with Gasteiger partial charge in [-0.15, -0.1) is 5.10 Å². The first-order valence-electron chi connectivity index (χ1n) is 9.37. The van der Waals surface area contributed by atoms with E-state index in [-0.39, 0.29) is 12.4 Å². The first kappa shape index (κ1) is 22.5. The number of benzene rings is 2. The third-order valence-electron chi connectivity index (χ3n) is 4.30. The summed E-state index contributed by atoms with van der Waals surface area (Å²) in [6.45, 7) is 1.67. The summed E-state index contributed by atoms with van der Waals surface area (Å²) in [4.78, 5) is 0. The monoisotopic (exact) mass is 495 g/mol. The second kappa shape index (κ2) is 11.3. The molecule has 0 aliphatic carbocycles. The molecule has 10 heteroatoms. The van der Waals surface area contributed by atoms with Crippen molar-refractivity contribution in [3.05, 3.63) is 57.8 Å². The molecule has 3 rings (SSSR count). The van der Waals surface area contributed by atoms with Crippen LogP contribution in [0.5, 0.6) is 11.5 Å². The number of ether oxygens (including phenoxy) is 2. The fraction of sp³-hybridized carbons (Fsp3) is 0.350. The van der Waals surface area contributed by atoms with Crippen molar-refractivity contribution in [1.82, 2.24) is 25.5 Å². The normalized spacial score (nSPS) is 10.9. The van der Waals surface area contributed by atoms with Gasteiger partial charge in [-0.05, 0) is 47.2 Å². The minimum absolute atomic E-state index is 0.131. The molecule has 1 heterocycles. The van der Waals surface area contributed by atoms with E-state index in [1.807, 2.05) is 19.2 Å². The summed E-state index contributed by atoms with van der Waals surface area (Å²) >= 11 is 5.22. The fourth-order valence-electron chi connectivity index (χ4n) is 2.68. The number of methoxy groups -OCH3 is 1. The van der Waals surface area contributed by atoms with Crippen molar-refractivity contribution < 1.29 is 13.9 Å². The summed E-state index contributed by atoms with van der Waals surface area (Å²) in [5.41, 5.74) is 1.55. The van der Waals surface area contributed by atoms with Crippen LogP contribution in [0.4, 0.5) is 4.39 Å². The number of aromatic nitrogens is 4. The molecule has 30 heavy (non-hydrogen) atoms. The number of hydrogen-bond acceptors (Lipinski definition) is 7. The smallest absolute Gasteiger partial charge is 0.209 e. The van der Waals surface area contributed by atoms with Gasteiger partial charge in [0, 0.05) is 29.4 Å². The summed E-state index contributed by atoms with van der Waals surface area (Å²) in [6.07, 6.45) is 0.982. The zero-order chi connectivity index (χ0) is 21.3. The number of aryl methyl sites for hydroxylation is 1. The standard InChI is InChI=1S/C20H23BrFN5O2S/c1-27-20(24-25-26-27)30-9-5-8-23-12-15-10-18(28-2)19(11-16(15)21)29-13-14-6-3-4-7-17(14)22/h3-4,6-7,10-11,23H,5,8-9,12-13H2,1-2H3. The summed E-state index contributed by atoms with van der Waals surface area (Å²) in [6, 6.07) is 10.3. The number of nitrogens with one attached hydrogen (secondary N) is 1.